The van der Waals surface area contributed by atoms with Gasteiger partial charge in [-0.15, -0.1) is 0 Å². The van der Waals surface area contributed by atoms with Gasteiger partial charge in [-0.25, -0.2) is 0 Å². The summed E-state index contributed by atoms with van der Waals surface area (Å²) < 4.78 is 0. The minimum Gasteiger partial charge on any atom is -0.356 e. The summed E-state index contributed by atoms with van der Waals surface area (Å²) in [6, 6.07) is 80.5. The minimum absolute atomic E-state index is 0.0668. The Morgan fingerprint density at radius 3 is 1.29 bits per heavy atom. The third kappa shape index (κ3) is 6.46. The fourth-order valence-corrected chi connectivity index (χ4v) is 11.8. The molecule has 0 spiro atoms. The Balaban J connectivity index is 0.845. The highest BCUT2D eigenvalue weighted by molar-refractivity contribution is 6.25. The van der Waals surface area contributed by atoms with Crippen molar-refractivity contribution in [2.24, 2.45) is 0 Å². The van der Waals surface area contributed by atoms with Crippen molar-refractivity contribution in [2.45, 2.75) is 38.5 Å². The number of benzene rings is 10. The van der Waals surface area contributed by atoms with E-state index in [-0.39, 0.29) is 16.6 Å². The molecule has 0 unspecified atom stereocenters. The van der Waals surface area contributed by atoms with Crippen LogP contribution in [0.3, 0.4) is 0 Å². The summed E-state index contributed by atoms with van der Waals surface area (Å²) in [6.45, 7) is 9.30. The molecule has 0 bridgehead atoms. The van der Waals surface area contributed by atoms with Gasteiger partial charge in [-0.05, 0) is 139 Å². The van der Waals surface area contributed by atoms with Crippen LogP contribution in [0.25, 0.3) is 66.8 Å². The number of fused-ring (bicyclic) bond motifs is 9. The van der Waals surface area contributed by atoms with Crippen LogP contribution in [0.2, 0.25) is 0 Å². The largest absolute Gasteiger partial charge is 0.356 e. The molecule has 13 rings (SSSR count). The van der Waals surface area contributed by atoms with E-state index in [0.717, 1.165) is 72.9 Å². The van der Waals surface area contributed by atoms with Gasteiger partial charge in [0.25, 0.3) is 0 Å². The third-order valence-corrected chi connectivity index (χ3v) is 15.4. The number of hydrogen-bond acceptors (Lipinski definition) is 3. The van der Waals surface area contributed by atoms with Crippen molar-refractivity contribution in [3.05, 3.63) is 258 Å². The van der Waals surface area contributed by atoms with Gasteiger partial charge >= 0.3 is 0 Å². The third-order valence-electron chi connectivity index (χ3n) is 15.4. The standard InChI is InChI=1S/C67H50N2O/c1-66(2)59-22-10-8-16-53(59)55-38-32-47(40-61(55)66)68-46-30-24-44(25-31-46)51-18-12-20-57-63(51)64-52(19-13-21-58(64)65(57)70)45-28-35-49(36-29-45)69(48-33-26-43(27-34-48)42-14-6-5-7-15-42)50-37-39-56-54-17-9-11-23-60(54)67(3,4)62(56)41-50/h5-41,68H,1-4H3. The van der Waals surface area contributed by atoms with Crippen LogP contribution in [0.15, 0.2) is 224 Å². The zero-order valence-electron chi connectivity index (χ0n) is 39.7. The smallest absolute Gasteiger partial charge is 0.194 e. The highest BCUT2D eigenvalue weighted by Gasteiger charge is 2.37. The maximum absolute atomic E-state index is 14.3. The molecule has 334 valence electrons. The summed E-state index contributed by atoms with van der Waals surface area (Å²) in [5, 5.41) is 3.69. The molecular formula is C67H50N2O. The van der Waals surface area contributed by atoms with Crippen LogP contribution < -0.4 is 10.2 Å². The molecule has 0 amide bonds. The molecule has 3 aliphatic rings. The first-order chi connectivity index (χ1) is 34.1. The summed E-state index contributed by atoms with van der Waals surface area (Å²) in [6.07, 6.45) is 0. The Hall–Kier alpha value is -8.53. The van der Waals surface area contributed by atoms with Crippen molar-refractivity contribution >= 4 is 34.2 Å². The highest BCUT2D eigenvalue weighted by Crippen LogP contribution is 2.53. The molecule has 0 saturated carbocycles. The van der Waals surface area contributed by atoms with Crippen molar-refractivity contribution in [2.75, 3.05) is 10.2 Å². The van der Waals surface area contributed by atoms with E-state index in [0.29, 0.717) is 0 Å². The van der Waals surface area contributed by atoms with Crippen LogP contribution in [-0.2, 0) is 10.8 Å². The number of nitrogens with one attached hydrogen (secondary N) is 1. The van der Waals surface area contributed by atoms with Gasteiger partial charge in [0.15, 0.2) is 5.78 Å². The number of rotatable bonds is 8. The van der Waals surface area contributed by atoms with Crippen LogP contribution in [0.1, 0.15) is 65.9 Å². The molecule has 3 heteroatoms. The lowest BCUT2D eigenvalue weighted by molar-refractivity contribution is 0.104. The van der Waals surface area contributed by atoms with Gasteiger partial charge in [0.05, 0.1) is 0 Å². The Labute approximate surface area is 410 Å². The van der Waals surface area contributed by atoms with E-state index in [2.05, 4.69) is 238 Å². The first-order valence-electron chi connectivity index (χ1n) is 24.4. The fraction of sp³-hybridized carbons (Fsp3) is 0.0896. The van der Waals surface area contributed by atoms with Crippen LogP contribution in [-0.4, -0.2) is 5.78 Å². The number of ketones is 1. The predicted octanol–water partition coefficient (Wildman–Crippen LogP) is 17.7. The Morgan fingerprint density at radius 2 is 0.714 bits per heavy atom. The molecule has 3 nitrogen and oxygen atoms in total. The summed E-state index contributed by atoms with van der Waals surface area (Å²) in [7, 11) is 0. The van der Waals surface area contributed by atoms with Gasteiger partial charge in [-0.1, -0.05) is 191 Å². The molecule has 1 N–H and O–H groups in total. The van der Waals surface area contributed by atoms with Crippen molar-refractivity contribution in [1.82, 2.24) is 0 Å². The first-order valence-corrected chi connectivity index (χ1v) is 24.4. The Bertz CT molecular complexity index is 3730. The number of anilines is 5. The van der Waals surface area contributed by atoms with E-state index in [9.17, 15) is 4.79 Å². The monoisotopic (exact) mass is 898 g/mol. The van der Waals surface area contributed by atoms with Gasteiger partial charge < -0.3 is 10.2 Å². The van der Waals surface area contributed by atoms with Gasteiger partial charge in [0.1, 0.15) is 0 Å². The number of carbonyl (C=O) groups is 1. The van der Waals surface area contributed by atoms with Crippen molar-refractivity contribution < 1.29 is 4.79 Å². The van der Waals surface area contributed by atoms with Gasteiger partial charge in [-0.2, -0.15) is 0 Å². The van der Waals surface area contributed by atoms with Crippen LogP contribution in [0, 0.1) is 0 Å². The minimum atomic E-state index is -0.137. The maximum Gasteiger partial charge on any atom is 0.194 e. The zero-order chi connectivity index (χ0) is 47.3. The van der Waals surface area contributed by atoms with E-state index >= 15 is 0 Å². The fourth-order valence-electron chi connectivity index (χ4n) is 11.8. The lowest BCUT2D eigenvalue weighted by Crippen LogP contribution is -2.16. The highest BCUT2D eigenvalue weighted by atomic mass is 16.1. The molecule has 0 saturated heterocycles. The molecule has 10 aromatic rings. The molecular weight excluding hydrogens is 849 g/mol. The lowest BCUT2D eigenvalue weighted by Gasteiger charge is -2.28. The average Bonchev–Trinajstić information content (AvgIpc) is 3.92. The molecule has 10 aromatic carbocycles. The quantitative estimate of drug-likeness (QED) is 0.165. The molecule has 0 fully saturated rings. The van der Waals surface area contributed by atoms with Crippen molar-refractivity contribution in [1.29, 1.82) is 0 Å². The maximum atomic E-state index is 14.3. The van der Waals surface area contributed by atoms with E-state index in [1.165, 1.54) is 55.6 Å². The van der Waals surface area contributed by atoms with E-state index in [1.54, 1.807) is 0 Å². The summed E-state index contributed by atoms with van der Waals surface area (Å²) in [4.78, 5) is 16.6. The number of carbonyl (C=O) groups excluding carboxylic acids is 1. The second-order valence-electron chi connectivity index (χ2n) is 20.1. The second kappa shape index (κ2) is 15.8. The summed E-state index contributed by atoms with van der Waals surface area (Å²) in [5.41, 5.74) is 25.8. The van der Waals surface area contributed by atoms with Gasteiger partial charge in [-0.3, -0.25) is 4.79 Å². The van der Waals surface area contributed by atoms with Gasteiger partial charge in [0.2, 0.25) is 0 Å². The predicted molar refractivity (Wildman–Crippen MR) is 291 cm³/mol. The SMILES string of the molecule is CC1(C)c2ccccc2-c2ccc(Nc3ccc(-c4cccc5c4-c4c(cccc4-c4ccc(N(c6ccc(-c7ccccc7)cc6)c6ccc7c(c6)C(C)(C)c6ccccc6-7)cc4)C5=O)cc3)cc21. The molecule has 0 aliphatic heterocycles. The van der Waals surface area contributed by atoms with E-state index < -0.39 is 0 Å². The molecule has 3 aliphatic carbocycles. The lowest BCUT2D eigenvalue weighted by atomic mass is 9.82. The molecule has 0 atom stereocenters. The average molecular weight is 899 g/mol. The zero-order valence-corrected chi connectivity index (χ0v) is 39.7. The molecule has 70 heavy (non-hydrogen) atoms. The van der Waals surface area contributed by atoms with E-state index in [1.807, 2.05) is 24.3 Å². The number of nitrogens with zero attached hydrogens (tertiary/aromatic N) is 1. The van der Waals surface area contributed by atoms with E-state index in [4.69, 9.17) is 0 Å². The summed E-state index contributed by atoms with van der Waals surface area (Å²) in [5.74, 6) is 0.0668. The van der Waals surface area contributed by atoms with Crippen LogP contribution in [0.5, 0.6) is 0 Å². The second-order valence-corrected chi connectivity index (χ2v) is 20.1. The molecule has 0 heterocycles. The molecule has 0 radical (unpaired) electrons. The normalized spacial score (nSPS) is 14.0. The van der Waals surface area contributed by atoms with Crippen molar-refractivity contribution in [3.8, 4) is 66.8 Å². The first kappa shape index (κ1) is 41.6. The van der Waals surface area contributed by atoms with Gasteiger partial charge in [0, 0.05) is 61.5 Å². The Morgan fingerprint density at radius 1 is 0.314 bits per heavy atom. The van der Waals surface area contributed by atoms with Crippen molar-refractivity contribution in [3.63, 3.8) is 0 Å². The van der Waals surface area contributed by atoms with Crippen LogP contribution >= 0.6 is 0 Å². The summed E-state index contributed by atoms with van der Waals surface area (Å²) >= 11 is 0. The molecule has 0 aromatic heterocycles. The van der Waals surface area contributed by atoms with Crippen LogP contribution in [0.4, 0.5) is 28.4 Å². The topological polar surface area (TPSA) is 32.3 Å². The Kier molecular flexibility index (Phi) is 9.38. The number of hydrogen-bond donors (Lipinski definition) is 1.